The Hall–Kier alpha value is -2.74. The van der Waals surface area contributed by atoms with E-state index in [9.17, 15) is 9.59 Å². The third kappa shape index (κ3) is 3.10. The third-order valence-electron chi connectivity index (χ3n) is 5.20. The molecule has 0 bridgehead atoms. The molecule has 0 aliphatic carbocycles. The number of hydrogen-bond donors (Lipinski definition) is 1. The summed E-state index contributed by atoms with van der Waals surface area (Å²) in [5, 5.41) is 8.16. The van der Waals surface area contributed by atoms with Crippen molar-refractivity contribution in [1.29, 1.82) is 0 Å². The van der Waals surface area contributed by atoms with Crippen LogP contribution in [0.3, 0.4) is 0 Å². The second-order valence-electron chi connectivity index (χ2n) is 6.94. The maximum atomic E-state index is 12.9. The lowest BCUT2D eigenvalue weighted by Gasteiger charge is -2.31. The van der Waals surface area contributed by atoms with E-state index in [0.717, 1.165) is 37.0 Å². The number of fused-ring (bicyclic) bond motifs is 3. The number of H-pyrrole nitrogens is 1. The van der Waals surface area contributed by atoms with Gasteiger partial charge in [-0.25, -0.2) is 0 Å². The van der Waals surface area contributed by atoms with E-state index in [2.05, 4.69) is 22.1 Å². The summed E-state index contributed by atoms with van der Waals surface area (Å²) in [4.78, 5) is 29.9. The summed E-state index contributed by atoms with van der Waals surface area (Å²) in [6.07, 6.45) is 3.54. The van der Waals surface area contributed by atoms with E-state index in [-0.39, 0.29) is 23.2 Å². The molecule has 1 N–H and O–H groups in total. The van der Waals surface area contributed by atoms with E-state index in [1.165, 1.54) is 0 Å². The summed E-state index contributed by atoms with van der Waals surface area (Å²) >= 11 is 0. The van der Waals surface area contributed by atoms with Gasteiger partial charge in [0.15, 0.2) is 0 Å². The normalized spacial score (nSPS) is 15.7. The molecule has 0 radical (unpaired) electrons. The summed E-state index contributed by atoms with van der Waals surface area (Å²) in [5.74, 6) is 0.731. The molecule has 27 heavy (non-hydrogen) atoms. The first kappa shape index (κ1) is 17.7. The predicted octanol–water partition coefficient (Wildman–Crippen LogP) is 1.77. The monoisotopic (exact) mass is 369 g/mol. The first-order valence-electron chi connectivity index (χ1n) is 9.34. The van der Waals surface area contributed by atoms with Crippen LogP contribution in [0.2, 0.25) is 0 Å². The minimum absolute atomic E-state index is 0.0232. The van der Waals surface area contributed by atoms with Gasteiger partial charge >= 0.3 is 0 Å². The van der Waals surface area contributed by atoms with Crippen LogP contribution in [-0.4, -0.2) is 56.7 Å². The van der Waals surface area contributed by atoms with Gasteiger partial charge in [0.2, 0.25) is 5.65 Å². The van der Waals surface area contributed by atoms with Crippen LogP contribution >= 0.6 is 0 Å². The fourth-order valence-electron chi connectivity index (χ4n) is 3.72. The zero-order chi connectivity index (χ0) is 19.0. The lowest BCUT2D eigenvalue weighted by atomic mass is 10.1. The Kier molecular flexibility index (Phi) is 4.65. The number of hydrogen-bond acceptors (Lipinski definition) is 5. The maximum Gasteiger partial charge on any atom is 0.294 e. The third-order valence-corrected chi connectivity index (χ3v) is 5.20. The first-order valence-corrected chi connectivity index (χ1v) is 9.34. The van der Waals surface area contributed by atoms with E-state index in [1.807, 2.05) is 11.0 Å². The Morgan fingerprint density at radius 3 is 2.78 bits per heavy atom. The molecule has 142 valence electrons. The average molecular weight is 369 g/mol. The summed E-state index contributed by atoms with van der Waals surface area (Å²) in [5.41, 5.74) is 1.96. The van der Waals surface area contributed by atoms with Crippen LogP contribution < -0.4 is 5.56 Å². The number of carbonyl (C=O) groups excluding carboxylic acids is 1. The van der Waals surface area contributed by atoms with Crippen LogP contribution in [0.1, 0.15) is 42.4 Å². The zero-order valence-corrected chi connectivity index (χ0v) is 15.6. The second kappa shape index (κ2) is 7.11. The molecular formula is C19H23N5O3. The number of nitrogens with zero attached hydrogens (tertiary/aromatic N) is 4. The molecule has 2 aromatic heterocycles. The van der Waals surface area contributed by atoms with E-state index in [0.29, 0.717) is 24.2 Å². The molecule has 8 nitrogen and oxygen atoms in total. The smallest absolute Gasteiger partial charge is 0.294 e. The van der Waals surface area contributed by atoms with Crippen molar-refractivity contribution < 1.29 is 9.53 Å². The topological polar surface area (TPSA) is 92.6 Å². The van der Waals surface area contributed by atoms with Crippen LogP contribution in [0.25, 0.3) is 16.7 Å². The van der Waals surface area contributed by atoms with Gasteiger partial charge in [-0.05, 0) is 37.5 Å². The summed E-state index contributed by atoms with van der Waals surface area (Å²) in [7, 11) is 1.71. The molecule has 8 heteroatoms. The van der Waals surface area contributed by atoms with Gasteiger partial charge < -0.3 is 14.6 Å². The first-order chi connectivity index (χ1) is 13.1. The summed E-state index contributed by atoms with van der Waals surface area (Å²) < 4.78 is 7.16. The molecule has 3 aromatic rings. The highest BCUT2D eigenvalue weighted by molar-refractivity contribution is 5.97. The number of nitrogens with one attached hydrogen (secondary N) is 1. The fourth-order valence-corrected chi connectivity index (χ4v) is 3.72. The number of amides is 1. The van der Waals surface area contributed by atoms with Crippen molar-refractivity contribution in [1.82, 2.24) is 24.5 Å². The quantitative estimate of drug-likeness (QED) is 0.757. The van der Waals surface area contributed by atoms with Gasteiger partial charge in [0.25, 0.3) is 11.5 Å². The van der Waals surface area contributed by atoms with Crippen LogP contribution in [0.15, 0.2) is 23.0 Å². The minimum Gasteiger partial charge on any atom is -0.381 e. The van der Waals surface area contributed by atoms with Gasteiger partial charge in [-0.15, -0.1) is 10.2 Å². The molecule has 0 spiro atoms. The van der Waals surface area contributed by atoms with Crippen molar-refractivity contribution >= 4 is 22.6 Å². The van der Waals surface area contributed by atoms with Crippen LogP contribution in [0.5, 0.6) is 0 Å². The standard InChI is InChI=1S/C19H23N5O3/c1-3-4-16-21-22-17-18(25)20-14-11-12(5-6-15(14)24(16)17)19(26)23-9-7-13(27-2)8-10-23/h5-6,11,13H,3-4,7-10H2,1-2H3,(H,20,25). The highest BCUT2D eigenvalue weighted by Crippen LogP contribution is 2.19. The Labute approximate surface area is 156 Å². The average Bonchev–Trinajstić information content (AvgIpc) is 3.12. The van der Waals surface area contributed by atoms with E-state index < -0.39 is 0 Å². The number of benzene rings is 1. The minimum atomic E-state index is -0.303. The van der Waals surface area contributed by atoms with Gasteiger partial charge in [0.1, 0.15) is 5.82 Å². The Bertz CT molecular complexity index is 1050. The number of aromatic amines is 1. The van der Waals surface area contributed by atoms with Crippen molar-refractivity contribution in [3.8, 4) is 0 Å². The zero-order valence-electron chi connectivity index (χ0n) is 15.6. The molecule has 1 amide bonds. The lowest BCUT2D eigenvalue weighted by molar-refractivity contribution is 0.0351. The van der Waals surface area contributed by atoms with Gasteiger partial charge in [0, 0.05) is 32.2 Å². The molecule has 1 saturated heterocycles. The largest absolute Gasteiger partial charge is 0.381 e. The molecule has 0 atom stereocenters. The van der Waals surface area contributed by atoms with Crippen molar-refractivity contribution in [3.63, 3.8) is 0 Å². The van der Waals surface area contributed by atoms with Crippen LogP contribution in [-0.2, 0) is 11.2 Å². The van der Waals surface area contributed by atoms with Gasteiger partial charge in [-0.3, -0.25) is 14.0 Å². The van der Waals surface area contributed by atoms with E-state index >= 15 is 0 Å². The molecule has 4 rings (SSSR count). The maximum absolute atomic E-state index is 12.9. The van der Waals surface area contributed by atoms with Crippen molar-refractivity contribution in [2.45, 2.75) is 38.7 Å². The Morgan fingerprint density at radius 2 is 2.07 bits per heavy atom. The Morgan fingerprint density at radius 1 is 1.30 bits per heavy atom. The number of piperidine rings is 1. The number of aryl methyl sites for hydroxylation is 1. The van der Waals surface area contributed by atoms with E-state index in [4.69, 9.17) is 4.74 Å². The SMILES string of the molecule is CCCc1nnc2c(=O)[nH]c3cc(C(=O)N4CCC(OC)CC4)ccc3n12. The number of methoxy groups -OCH3 is 1. The molecule has 1 fully saturated rings. The van der Waals surface area contributed by atoms with Gasteiger partial charge in [-0.2, -0.15) is 0 Å². The van der Waals surface area contributed by atoms with Gasteiger partial charge in [-0.1, -0.05) is 6.92 Å². The summed E-state index contributed by atoms with van der Waals surface area (Å²) in [6.45, 7) is 3.41. The van der Waals surface area contributed by atoms with Crippen LogP contribution in [0.4, 0.5) is 0 Å². The highest BCUT2D eigenvalue weighted by atomic mass is 16.5. The molecule has 0 unspecified atom stereocenters. The molecule has 1 aromatic carbocycles. The number of carbonyl (C=O) groups is 1. The lowest BCUT2D eigenvalue weighted by Crippen LogP contribution is -2.40. The predicted molar refractivity (Wildman–Crippen MR) is 101 cm³/mol. The Balaban J connectivity index is 1.72. The van der Waals surface area contributed by atoms with Gasteiger partial charge in [0.05, 0.1) is 17.1 Å². The molecule has 1 aliphatic rings. The molecule has 0 saturated carbocycles. The van der Waals surface area contributed by atoms with Crippen molar-refractivity contribution in [3.05, 3.63) is 39.9 Å². The number of likely N-dealkylation sites (tertiary alicyclic amines) is 1. The molecule has 1 aliphatic heterocycles. The molecular weight excluding hydrogens is 346 g/mol. The second-order valence-corrected chi connectivity index (χ2v) is 6.94. The van der Waals surface area contributed by atoms with Crippen LogP contribution in [0, 0.1) is 0 Å². The highest BCUT2D eigenvalue weighted by Gasteiger charge is 2.24. The molecule has 3 heterocycles. The van der Waals surface area contributed by atoms with Crippen molar-refractivity contribution in [2.75, 3.05) is 20.2 Å². The van der Waals surface area contributed by atoms with E-state index in [1.54, 1.807) is 23.6 Å². The fraction of sp³-hybridized carbons (Fsp3) is 0.474. The number of aromatic nitrogens is 4. The summed E-state index contributed by atoms with van der Waals surface area (Å²) in [6, 6.07) is 5.41. The number of ether oxygens (including phenoxy) is 1. The number of rotatable bonds is 4. The van der Waals surface area contributed by atoms with Crippen molar-refractivity contribution in [2.24, 2.45) is 0 Å².